The zero-order valence-corrected chi connectivity index (χ0v) is 13.9. The van der Waals surface area contributed by atoms with Gasteiger partial charge in [-0.2, -0.15) is 0 Å². The Morgan fingerprint density at radius 3 is 2.39 bits per heavy atom. The van der Waals surface area contributed by atoms with Gasteiger partial charge in [-0.05, 0) is 24.3 Å². The summed E-state index contributed by atoms with van der Waals surface area (Å²) in [6.07, 6.45) is 0. The van der Waals surface area contributed by atoms with Crippen LogP contribution in [-0.2, 0) is 0 Å². The fourth-order valence-corrected chi connectivity index (χ4v) is 2.38. The number of hydrogen-bond acceptors (Lipinski definition) is 4. The van der Waals surface area contributed by atoms with E-state index in [4.69, 9.17) is 39.5 Å². The summed E-state index contributed by atoms with van der Waals surface area (Å²) in [4.78, 5) is 22.6. The predicted octanol–water partition coefficient (Wildman–Crippen LogP) is 4.82. The number of anilines is 1. The molecule has 120 valence electrons. The fraction of sp³-hybridized carbons (Fsp3) is 0.0714. The van der Waals surface area contributed by atoms with Gasteiger partial charge in [-0.3, -0.25) is 14.9 Å². The molecule has 0 aliphatic carbocycles. The first kappa shape index (κ1) is 17.3. The van der Waals surface area contributed by atoms with Gasteiger partial charge in [0.2, 0.25) is 0 Å². The van der Waals surface area contributed by atoms with Crippen LogP contribution >= 0.6 is 34.8 Å². The van der Waals surface area contributed by atoms with Crippen molar-refractivity contribution in [3.63, 3.8) is 0 Å². The van der Waals surface area contributed by atoms with E-state index in [0.717, 1.165) is 6.07 Å². The molecule has 0 fully saturated rings. The van der Waals surface area contributed by atoms with Crippen LogP contribution in [0.1, 0.15) is 10.4 Å². The molecule has 1 amide bonds. The number of hydrogen-bond donors (Lipinski definition) is 1. The second-order valence-electron chi connectivity index (χ2n) is 4.34. The molecule has 2 rings (SSSR count). The monoisotopic (exact) mass is 374 g/mol. The number of halogens is 3. The van der Waals surface area contributed by atoms with Crippen LogP contribution in [0.15, 0.2) is 30.3 Å². The number of carbonyl (C=O) groups is 1. The van der Waals surface area contributed by atoms with Crippen LogP contribution in [0.25, 0.3) is 0 Å². The number of methoxy groups -OCH3 is 1. The summed E-state index contributed by atoms with van der Waals surface area (Å²) in [7, 11) is 1.30. The van der Waals surface area contributed by atoms with Gasteiger partial charge in [-0.1, -0.05) is 34.8 Å². The van der Waals surface area contributed by atoms with Gasteiger partial charge in [0.1, 0.15) is 0 Å². The Balaban J connectivity index is 2.33. The summed E-state index contributed by atoms with van der Waals surface area (Å²) in [5, 5.41) is 14.2. The van der Waals surface area contributed by atoms with E-state index in [0.29, 0.717) is 0 Å². The first-order valence-electron chi connectivity index (χ1n) is 6.11. The maximum absolute atomic E-state index is 12.2. The van der Waals surface area contributed by atoms with Crippen molar-refractivity contribution < 1.29 is 14.5 Å². The smallest absolute Gasteiger partial charge is 0.311 e. The van der Waals surface area contributed by atoms with E-state index < -0.39 is 10.8 Å². The van der Waals surface area contributed by atoms with Gasteiger partial charge in [0.05, 0.1) is 32.8 Å². The van der Waals surface area contributed by atoms with Crippen molar-refractivity contribution in [1.82, 2.24) is 0 Å². The van der Waals surface area contributed by atoms with Gasteiger partial charge in [0, 0.05) is 11.6 Å². The Hall–Kier alpha value is -2.02. The molecular weight excluding hydrogens is 367 g/mol. The number of nitro groups is 1. The fourth-order valence-electron chi connectivity index (χ4n) is 1.79. The average Bonchev–Trinajstić information content (AvgIpc) is 2.51. The lowest BCUT2D eigenvalue weighted by Gasteiger charge is -2.09. The van der Waals surface area contributed by atoms with Gasteiger partial charge in [0.25, 0.3) is 5.91 Å². The van der Waals surface area contributed by atoms with Crippen molar-refractivity contribution in [2.45, 2.75) is 0 Å². The summed E-state index contributed by atoms with van der Waals surface area (Å²) in [5.41, 5.74) is -0.00966. The highest BCUT2D eigenvalue weighted by Gasteiger charge is 2.19. The van der Waals surface area contributed by atoms with Crippen LogP contribution in [0.3, 0.4) is 0 Å². The second kappa shape index (κ2) is 7.04. The maximum Gasteiger partial charge on any atom is 0.311 e. The van der Waals surface area contributed by atoms with E-state index in [1.54, 1.807) is 0 Å². The highest BCUT2D eigenvalue weighted by atomic mass is 35.5. The molecule has 0 spiro atoms. The van der Waals surface area contributed by atoms with Crippen LogP contribution in [0, 0.1) is 10.1 Å². The highest BCUT2D eigenvalue weighted by Crippen LogP contribution is 2.33. The normalized spacial score (nSPS) is 10.3. The molecule has 9 heteroatoms. The van der Waals surface area contributed by atoms with Crippen molar-refractivity contribution in [3.05, 3.63) is 61.1 Å². The number of nitrogens with one attached hydrogen (secondary N) is 1. The van der Waals surface area contributed by atoms with E-state index in [9.17, 15) is 14.9 Å². The Morgan fingerprint density at radius 1 is 1.13 bits per heavy atom. The first-order valence-corrected chi connectivity index (χ1v) is 7.25. The average molecular weight is 376 g/mol. The van der Waals surface area contributed by atoms with Gasteiger partial charge in [0.15, 0.2) is 5.75 Å². The number of nitrogens with zero attached hydrogens (tertiary/aromatic N) is 1. The second-order valence-corrected chi connectivity index (χ2v) is 5.57. The summed E-state index contributed by atoms with van der Waals surface area (Å²) < 4.78 is 4.88. The molecule has 6 nitrogen and oxygen atoms in total. The van der Waals surface area contributed by atoms with Gasteiger partial charge >= 0.3 is 5.69 Å². The van der Waals surface area contributed by atoms with Crippen LogP contribution in [-0.4, -0.2) is 17.9 Å². The number of amides is 1. The van der Waals surface area contributed by atoms with Crippen LogP contribution < -0.4 is 10.1 Å². The lowest BCUT2D eigenvalue weighted by Crippen LogP contribution is -2.12. The third-order valence-corrected chi connectivity index (χ3v) is 3.93. The molecule has 0 heterocycles. The van der Waals surface area contributed by atoms with E-state index in [-0.39, 0.29) is 37.8 Å². The minimum Gasteiger partial charge on any atom is -0.490 e. The molecule has 0 bridgehead atoms. The standard InChI is InChI=1S/C14H9Cl3N2O4/c1-23-13-3-2-7(4-12(13)19(21)22)14(20)18-11-6-9(16)8(15)5-10(11)17/h2-6H,1H3,(H,18,20). The molecule has 23 heavy (non-hydrogen) atoms. The number of ether oxygens (including phenoxy) is 1. The van der Waals surface area contributed by atoms with Gasteiger partial charge < -0.3 is 10.1 Å². The molecule has 0 aliphatic heterocycles. The molecule has 0 aromatic heterocycles. The molecule has 0 aliphatic rings. The molecule has 2 aromatic carbocycles. The molecule has 0 saturated carbocycles. The minimum atomic E-state index is -0.637. The van der Waals surface area contributed by atoms with E-state index in [1.807, 2.05) is 0 Å². The Kier molecular flexibility index (Phi) is 5.30. The van der Waals surface area contributed by atoms with E-state index >= 15 is 0 Å². The summed E-state index contributed by atoms with van der Waals surface area (Å²) in [5.74, 6) is -0.532. The van der Waals surface area contributed by atoms with Crippen molar-refractivity contribution in [3.8, 4) is 5.75 Å². The molecule has 0 saturated heterocycles. The van der Waals surface area contributed by atoms with Crippen molar-refractivity contribution in [2.24, 2.45) is 0 Å². The largest absolute Gasteiger partial charge is 0.490 e. The summed E-state index contributed by atoms with van der Waals surface area (Å²) >= 11 is 17.7. The Morgan fingerprint density at radius 2 is 1.78 bits per heavy atom. The molecule has 0 radical (unpaired) electrons. The summed E-state index contributed by atoms with van der Waals surface area (Å²) in [6.45, 7) is 0. The van der Waals surface area contributed by atoms with Crippen molar-refractivity contribution in [2.75, 3.05) is 12.4 Å². The van der Waals surface area contributed by atoms with Crippen LogP contribution in [0.2, 0.25) is 15.1 Å². The zero-order valence-electron chi connectivity index (χ0n) is 11.6. The molecule has 0 unspecified atom stereocenters. The Bertz CT molecular complexity index is 796. The number of rotatable bonds is 4. The SMILES string of the molecule is COc1ccc(C(=O)Nc2cc(Cl)c(Cl)cc2Cl)cc1[N+](=O)[O-]. The van der Waals surface area contributed by atoms with E-state index in [2.05, 4.69) is 5.32 Å². The highest BCUT2D eigenvalue weighted by molar-refractivity contribution is 6.44. The molecule has 1 N–H and O–H groups in total. The van der Waals surface area contributed by atoms with Crippen LogP contribution in [0.5, 0.6) is 5.75 Å². The number of nitro benzene ring substituents is 1. The quantitative estimate of drug-likeness (QED) is 0.472. The molecular formula is C14H9Cl3N2O4. The molecule has 0 atom stereocenters. The maximum atomic E-state index is 12.2. The lowest BCUT2D eigenvalue weighted by molar-refractivity contribution is -0.385. The van der Waals surface area contributed by atoms with Crippen molar-refractivity contribution >= 4 is 52.1 Å². The van der Waals surface area contributed by atoms with E-state index in [1.165, 1.54) is 31.4 Å². The van der Waals surface area contributed by atoms with Gasteiger partial charge in [-0.15, -0.1) is 0 Å². The predicted molar refractivity (Wildman–Crippen MR) is 89.1 cm³/mol. The van der Waals surface area contributed by atoms with Crippen LogP contribution in [0.4, 0.5) is 11.4 Å². The van der Waals surface area contributed by atoms with Gasteiger partial charge in [-0.25, -0.2) is 0 Å². The molecule has 2 aromatic rings. The van der Waals surface area contributed by atoms with Crippen molar-refractivity contribution in [1.29, 1.82) is 0 Å². The number of benzene rings is 2. The summed E-state index contributed by atoms with van der Waals surface area (Å²) in [6, 6.07) is 6.62. The minimum absolute atomic E-state index is 0.0547. The zero-order chi connectivity index (χ0) is 17.1. The number of carbonyl (C=O) groups excluding carboxylic acids is 1. The topological polar surface area (TPSA) is 81.5 Å². The third kappa shape index (κ3) is 3.85. The first-order chi connectivity index (χ1) is 10.8. The lowest BCUT2D eigenvalue weighted by atomic mass is 10.1. The Labute approximate surface area is 146 Å². The third-order valence-electron chi connectivity index (χ3n) is 2.90.